The van der Waals surface area contributed by atoms with Gasteiger partial charge in [-0.3, -0.25) is 0 Å². The van der Waals surface area contributed by atoms with Gasteiger partial charge in [0.1, 0.15) is 0 Å². The van der Waals surface area contributed by atoms with Gasteiger partial charge in [-0.2, -0.15) is 22.0 Å². The molecule has 0 saturated carbocycles. The largest absolute Gasteiger partial charge is 0.461 e. The van der Waals surface area contributed by atoms with E-state index in [1.54, 1.807) is 0 Å². The zero-order chi connectivity index (χ0) is 13.6. The number of rotatable bonds is 2. The minimum atomic E-state index is -5.69. The van der Waals surface area contributed by atoms with Gasteiger partial charge in [-0.15, -0.1) is 0 Å². The third-order valence-corrected chi connectivity index (χ3v) is 2.47. The van der Waals surface area contributed by atoms with E-state index in [-0.39, 0.29) is 17.6 Å². The molecule has 98 valence electrons. The zero-order valence-electron chi connectivity index (χ0n) is 8.85. The Morgan fingerprint density at radius 3 is 2.39 bits per heavy atom. The normalized spacial score (nSPS) is 13.2. The van der Waals surface area contributed by atoms with Crippen LogP contribution in [0.1, 0.15) is 11.4 Å². The van der Waals surface area contributed by atoms with Crippen LogP contribution in [-0.4, -0.2) is 16.1 Å². The lowest BCUT2D eigenvalue weighted by Crippen LogP contribution is -2.34. The first-order valence-corrected chi connectivity index (χ1v) is 4.90. The maximum absolute atomic E-state index is 13.1. The van der Waals surface area contributed by atoms with Crippen LogP contribution < -0.4 is 5.73 Å². The number of aromatic amines is 1. The molecule has 18 heavy (non-hydrogen) atoms. The Labute approximate surface area is 97.8 Å². The molecule has 0 fully saturated rings. The maximum atomic E-state index is 13.1. The Hall–Kier alpha value is -1.70. The van der Waals surface area contributed by atoms with Crippen molar-refractivity contribution in [3.05, 3.63) is 29.6 Å². The van der Waals surface area contributed by atoms with Crippen molar-refractivity contribution in [2.45, 2.75) is 18.6 Å². The molecule has 1 aromatic carbocycles. The standard InChI is InChI=1S/C10H8F5N3/c11-9(12,10(13,14)15)8-17-6-3-1-2-5(4-16)7(6)18-8/h1-3H,4,16H2,(H,17,18). The lowest BCUT2D eigenvalue weighted by Gasteiger charge is -2.16. The molecule has 0 aliphatic carbocycles. The number of nitrogens with one attached hydrogen (secondary N) is 1. The van der Waals surface area contributed by atoms with Gasteiger partial charge in [0, 0.05) is 6.54 Å². The molecule has 0 bridgehead atoms. The number of benzene rings is 1. The number of fused-ring (bicyclic) bond motifs is 1. The second-order valence-electron chi connectivity index (χ2n) is 3.67. The van der Waals surface area contributed by atoms with Gasteiger partial charge in [0.2, 0.25) is 0 Å². The van der Waals surface area contributed by atoms with Crippen LogP contribution in [0.5, 0.6) is 0 Å². The third kappa shape index (κ3) is 1.82. The molecule has 0 saturated heterocycles. The summed E-state index contributed by atoms with van der Waals surface area (Å²) in [7, 11) is 0. The second-order valence-corrected chi connectivity index (χ2v) is 3.67. The molecule has 0 amide bonds. The quantitative estimate of drug-likeness (QED) is 0.820. The van der Waals surface area contributed by atoms with Gasteiger partial charge >= 0.3 is 12.1 Å². The van der Waals surface area contributed by atoms with E-state index in [9.17, 15) is 22.0 Å². The third-order valence-electron chi connectivity index (χ3n) is 2.47. The van der Waals surface area contributed by atoms with Gasteiger partial charge in [-0.05, 0) is 11.6 Å². The fourth-order valence-electron chi connectivity index (χ4n) is 1.54. The maximum Gasteiger partial charge on any atom is 0.461 e. The van der Waals surface area contributed by atoms with E-state index in [0.717, 1.165) is 0 Å². The number of imidazole rings is 1. The predicted octanol–water partition coefficient (Wildman–Crippen LogP) is 2.68. The van der Waals surface area contributed by atoms with Crippen LogP contribution in [0.15, 0.2) is 18.2 Å². The highest BCUT2D eigenvalue weighted by Gasteiger charge is 2.61. The van der Waals surface area contributed by atoms with Crippen molar-refractivity contribution in [1.82, 2.24) is 9.97 Å². The monoisotopic (exact) mass is 265 g/mol. The topological polar surface area (TPSA) is 54.7 Å². The summed E-state index contributed by atoms with van der Waals surface area (Å²) in [4.78, 5) is 5.30. The van der Waals surface area contributed by atoms with Gasteiger partial charge in [-0.1, -0.05) is 12.1 Å². The zero-order valence-corrected chi connectivity index (χ0v) is 8.85. The van der Waals surface area contributed by atoms with E-state index >= 15 is 0 Å². The van der Waals surface area contributed by atoms with Crippen molar-refractivity contribution >= 4 is 11.0 Å². The van der Waals surface area contributed by atoms with E-state index < -0.39 is 17.9 Å². The summed E-state index contributed by atoms with van der Waals surface area (Å²) < 4.78 is 62.8. The molecule has 0 radical (unpaired) electrons. The minimum Gasteiger partial charge on any atom is -0.337 e. The Balaban J connectivity index is 2.61. The van der Waals surface area contributed by atoms with Gasteiger partial charge < -0.3 is 10.7 Å². The summed E-state index contributed by atoms with van der Waals surface area (Å²) in [6, 6.07) is 4.37. The van der Waals surface area contributed by atoms with E-state index in [4.69, 9.17) is 5.73 Å². The first kappa shape index (κ1) is 12.7. The summed E-state index contributed by atoms with van der Waals surface area (Å²) in [5.41, 5.74) is 5.87. The van der Waals surface area contributed by atoms with Crippen molar-refractivity contribution in [1.29, 1.82) is 0 Å². The number of nitrogens with zero attached hydrogens (tertiary/aromatic N) is 1. The van der Waals surface area contributed by atoms with E-state index in [2.05, 4.69) is 4.98 Å². The Kier molecular flexibility index (Phi) is 2.77. The molecule has 0 spiro atoms. The number of H-pyrrole nitrogens is 1. The summed E-state index contributed by atoms with van der Waals surface area (Å²) in [5, 5.41) is 0. The number of hydrogen-bond acceptors (Lipinski definition) is 2. The van der Waals surface area contributed by atoms with Crippen LogP contribution in [-0.2, 0) is 12.5 Å². The highest BCUT2D eigenvalue weighted by atomic mass is 19.4. The van der Waals surface area contributed by atoms with Crippen LogP contribution in [0, 0.1) is 0 Å². The molecule has 1 heterocycles. The van der Waals surface area contributed by atoms with E-state index in [1.807, 2.05) is 4.98 Å². The average molecular weight is 265 g/mol. The van der Waals surface area contributed by atoms with Gasteiger partial charge in [-0.25, -0.2) is 4.98 Å². The number of nitrogens with two attached hydrogens (primary N) is 1. The second kappa shape index (κ2) is 3.91. The van der Waals surface area contributed by atoms with E-state index in [1.165, 1.54) is 18.2 Å². The number of aromatic nitrogens is 2. The Morgan fingerprint density at radius 2 is 1.83 bits per heavy atom. The fourth-order valence-corrected chi connectivity index (χ4v) is 1.54. The summed E-state index contributed by atoms with van der Waals surface area (Å²) in [6.45, 7) is -0.000771. The molecule has 0 aliphatic heterocycles. The van der Waals surface area contributed by atoms with Crippen molar-refractivity contribution in [3.8, 4) is 0 Å². The molecule has 2 aromatic rings. The van der Waals surface area contributed by atoms with Gasteiger partial charge in [0.15, 0.2) is 5.82 Å². The van der Waals surface area contributed by atoms with E-state index in [0.29, 0.717) is 5.56 Å². The molecular formula is C10H8F5N3. The smallest absolute Gasteiger partial charge is 0.337 e. The van der Waals surface area contributed by atoms with Crippen molar-refractivity contribution in [2.75, 3.05) is 0 Å². The van der Waals surface area contributed by atoms with Crippen LogP contribution in [0.4, 0.5) is 22.0 Å². The molecule has 3 nitrogen and oxygen atoms in total. The molecule has 0 atom stereocenters. The lowest BCUT2D eigenvalue weighted by atomic mass is 10.2. The average Bonchev–Trinajstić information content (AvgIpc) is 2.71. The van der Waals surface area contributed by atoms with Crippen molar-refractivity contribution in [2.24, 2.45) is 5.73 Å². The highest BCUT2D eigenvalue weighted by molar-refractivity contribution is 5.78. The first-order chi connectivity index (χ1) is 8.27. The molecule has 2 rings (SSSR count). The van der Waals surface area contributed by atoms with Crippen LogP contribution in [0.2, 0.25) is 0 Å². The van der Waals surface area contributed by atoms with Gasteiger partial charge in [0.25, 0.3) is 0 Å². The predicted molar refractivity (Wildman–Crippen MR) is 53.9 cm³/mol. The molecule has 0 unspecified atom stereocenters. The Morgan fingerprint density at radius 1 is 1.17 bits per heavy atom. The Bertz CT molecular complexity index is 572. The number of para-hydroxylation sites is 1. The molecule has 3 N–H and O–H groups in total. The molecule has 8 heteroatoms. The molecular weight excluding hydrogens is 257 g/mol. The number of hydrogen-bond donors (Lipinski definition) is 2. The van der Waals surface area contributed by atoms with Crippen molar-refractivity contribution < 1.29 is 22.0 Å². The van der Waals surface area contributed by atoms with Gasteiger partial charge in [0.05, 0.1) is 11.0 Å². The molecule has 1 aromatic heterocycles. The number of alkyl halides is 5. The SMILES string of the molecule is NCc1cccc2[nH]c(C(F)(F)C(F)(F)F)nc12. The van der Waals surface area contributed by atoms with Crippen LogP contribution in [0.25, 0.3) is 11.0 Å². The number of halogens is 5. The van der Waals surface area contributed by atoms with Crippen LogP contribution in [0.3, 0.4) is 0 Å². The highest BCUT2D eigenvalue weighted by Crippen LogP contribution is 2.43. The summed E-state index contributed by atoms with van der Waals surface area (Å²) >= 11 is 0. The first-order valence-electron chi connectivity index (χ1n) is 4.90. The summed E-state index contributed by atoms with van der Waals surface area (Å²) in [5.74, 6) is -6.44. The molecule has 0 aliphatic rings. The minimum absolute atomic E-state index is 0.000771. The fraction of sp³-hybridized carbons (Fsp3) is 0.300. The van der Waals surface area contributed by atoms with Crippen molar-refractivity contribution in [3.63, 3.8) is 0 Å². The lowest BCUT2D eigenvalue weighted by molar-refractivity contribution is -0.292. The summed E-state index contributed by atoms with van der Waals surface area (Å²) in [6.07, 6.45) is -5.69. The van der Waals surface area contributed by atoms with Crippen LogP contribution >= 0.6 is 0 Å².